The topological polar surface area (TPSA) is 92.4 Å². The summed E-state index contributed by atoms with van der Waals surface area (Å²) in [6.45, 7) is 2.14. The highest BCUT2D eigenvalue weighted by Crippen LogP contribution is 2.36. The van der Waals surface area contributed by atoms with Gasteiger partial charge in [0.15, 0.2) is 0 Å². The van der Waals surface area contributed by atoms with Crippen molar-refractivity contribution in [2.24, 2.45) is 11.7 Å². The number of amides is 1. The van der Waals surface area contributed by atoms with E-state index in [0.717, 1.165) is 12.8 Å². The molecule has 6 heteroatoms. The highest BCUT2D eigenvalue weighted by molar-refractivity contribution is 9.10. The summed E-state index contributed by atoms with van der Waals surface area (Å²) in [4.78, 5) is 22.9. The zero-order valence-corrected chi connectivity index (χ0v) is 13.4. The van der Waals surface area contributed by atoms with E-state index in [1.807, 2.05) is 0 Å². The van der Waals surface area contributed by atoms with Gasteiger partial charge in [0.05, 0.1) is 0 Å². The summed E-state index contributed by atoms with van der Waals surface area (Å²) in [7, 11) is 0. The summed E-state index contributed by atoms with van der Waals surface area (Å²) in [5, 5.41) is 12.8. The van der Waals surface area contributed by atoms with Gasteiger partial charge in [-0.3, -0.25) is 4.79 Å². The van der Waals surface area contributed by atoms with Crippen LogP contribution >= 0.6 is 15.9 Å². The normalized spacial score (nSPS) is 25.3. The smallest absolute Gasteiger partial charge is 0.329 e. The van der Waals surface area contributed by atoms with Gasteiger partial charge in [-0.1, -0.05) is 6.92 Å². The Morgan fingerprint density at radius 2 is 2.00 bits per heavy atom. The van der Waals surface area contributed by atoms with Crippen molar-refractivity contribution in [1.82, 2.24) is 0 Å². The first-order valence-electron chi connectivity index (χ1n) is 6.95. The van der Waals surface area contributed by atoms with Gasteiger partial charge in [0.25, 0.3) is 0 Å². The Hall–Kier alpha value is -1.56. The molecular formula is C15H19BrN2O3. The van der Waals surface area contributed by atoms with Gasteiger partial charge in [-0.15, -0.1) is 0 Å². The Labute approximate surface area is 132 Å². The van der Waals surface area contributed by atoms with E-state index >= 15 is 0 Å². The zero-order chi connectivity index (χ0) is 15.6. The maximum Gasteiger partial charge on any atom is 0.329 e. The Morgan fingerprint density at radius 1 is 1.38 bits per heavy atom. The predicted molar refractivity (Wildman–Crippen MR) is 84.3 cm³/mol. The average Bonchev–Trinajstić information content (AvgIpc) is 2.43. The summed E-state index contributed by atoms with van der Waals surface area (Å²) in [6.07, 6.45) is 2.95. The van der Waals surface area contributed by atoms with Gasteiger partial charge in [-0.05, 0) is 65.7 Å². The fourth-order valence-corrected chi connectivity index (χ4v) is 3.15. The fourth-order valence-electron chi connectivity index (χ4n) is 2.67. The van der Waals surface area contributed by atoms with Crippen molar-refractivity contribution >= 4 is 33.5 Å². The Balaban J connectivity index is 2.26. The van der Waals surface area contributed by atoms with Gasteiger partial charge < -0.3 is 16.2 Å². The molecule has 0 bridgehead atoms. The van der Waals surface area contributed by atoms with Crippen LogP contribution in [0.5, 0.6) is 0 Å². The number of anilines is 1. The number of halogens is 1. The minimum absolute atomic E-state index is 0.383. The minimum atomic E-state index is -0.941. The molecule has 4 N–H and O–H groups in total. The lowest BCUT2D eigenvalue weighted by atomic mass is 9.77. The number of carbonyl (C=O) groups is 2. The molecule has 1 aliphatic carbocycles. The third-order valence-corrected chi connectivity index (χ3v) is 4.82. The van der Waals surface area contributed by atoms with Crippen molar-refractivity contribution < 1.29 is 14.7 Å². The highest BCUT2D eigenvalue weighted by atomic mass is 79.9. The lowest BCUT2D eigenvalue weighted by Crippen LogP contribution is -2.49. The molecule has 114 valence electrons. The molecule has 0 radical (unpaired) electrons. The molecule has 1 amide bonds. The monoisotopic (exact) mass is 354 g/mol. The van der Waals surface area contributed by atoms with Crippen LogP contribution in [-0.4, -0.2) is 22.5 Å². The van der Waals surface area contributed by atoms with Crippen LogP contribution in [0.25, 0.3) is 0 Å². The average molecular weight is 355 g/mol. The standard InChI is InChI=1S/C15H19BrN2O3/c1-9-4-6-15(7-5-9,14(20)21)18-12-3-2-10(13(17)19)8-11(12)16/h2-3,8-9,18H,4-7H2,1H3,(H2,17,19)(H,20,21). The Kier molecular flexibility index (Phi) is 4.56. The second kappa shape index (κ2) is 6.05. The number of nitrogens with two attached hydrogens (primary N) is 1. The molecule has 0 aliphatic heterocycles. The van der Waals surface area contributed by atoms with Gasteiger partial charge in [0, 0.05) is 15.7 Å². The summed E-state index contributed by atoms with van der Waals surface area (Å²) in [6, 6.07) is 4.88. The van der Waals surface area contributed by atoms with Crippen molar-refractivity contribution in [3.05, 3.63) is 28.2 Å². The summed E-state index contributed by atoms with van der Waals surface area (Å²) >= 11 is 3.36. The van der Waals surface area contributed by atoms with Crippen LogP contribution < -0.4 is 11.1 Å². The molecule has 0 atom stereocenters. The molecule has 21 heavy (non-hydrogen) atoms. The number of aliphatic carboxylic acids is 1. The van der Waals surface area contributed by atoms with Crippen molar-refractivity contribution in [2.45, 2.75) is 38.1 Å². The second-order valence-electron chi connectivity index (χ2n) is 5.75. The predicted octanol–water partition coefficient (Wildman–Crippen LogP) is 2.99. The lowest BCUT2D eigenvalue weighted by Gasteiger charge is -2.37. The number of primary amides is 1. The van der Waals surface area contributed by atoms with E-state index in [1.165, 1.54) is 0 Å². The number of hydrogen-bond donors (Lipinski definition) is 3. The molecule has 0 spiro atoms. The number of carbonyl (C=O) groups excluding carboxylic acids is 1. The molecule has 2 rings (SSSR count). The lowest BCUT2D eigenvalue weighted by molar-refractivity contribution is -0.143. The minimum Gasteiger partial charge on any atom is -0.480 e. The molecule has 1 aromatic rings. The van der Waals surface area contributed by atoms with Gasteiger partial charge in [-0.2, -0.15) is 0 Å². The van der Waals surface area contributed by atoms with E-state index in [9.17, 15) is 14.7 Å². The van der Waals surface area contributed by atoms with Gasteiger partial charge in [-0.25, -0.2) is 4.79 Å². The first-order chi connectivity index (χ1) is 9.84. The van der Waals surface area contributed by atoms with E-state index in [0.29, 0.717) is 34.5 Å². The van der Waals surface area contributed by atoms with Crippen molar-refractivity contribution in [3.63, 3.8) is 0 Å². The van der Waals surface area contributed by atoms with E-state index in [4.69, 9.17) is 5.73 Å². The first-order valence-corrected chi connectivity index (χ1v) is 7.74. The van der Waals surface area contributed by atoms with Crippen LogP contribution in [0.15, 0.2) is 22.7 Å². The SMILES string of the molecule is CC1CCC(Nc2ccc(C(N)=O)cc2Br)(C(=O)O)CC1. The molecule has 1 aliphatic rings. The van der Waals surface area contributed by atoms with Crippen LogP contribution in [0.2, 0.25) is 0 Å². The van der Waals surface area contributed by atoms with Crippen LogP contribution in [-0.2, 0) is 4.79 Å². The molecule has 1 fully saturated rings. The summed E-state index contributed by atoms with van der Waals surface area (Å²) in [5.41, 5.74) is 5.34. The molecule has 5 nitrogen and oxygen atoms in total. The van der Waals surface area contributed by atoms with E-state index < -0.39 is 17.4 Å². The molecule has 1 saturated carbocycles. The number of benzene rings is 1. The fraction of sp³-hybridized carbons (Fsp3) is 0.467. The highest BCUT2D eigenvalue weighted by Gasteiger charge is 2.41. The molecule has 0 saturated heterocycles. The van der Waals surface area contributed by atoms with Crippen LogP contribution in [0.3, 0.4) is 0 Å². The van der Waals surface area contributed by atoms with Crippen LogP contribution in [0, 0.1) is 5.92 Å². The number of rotatable bonds is 4. The number of nitrogens with one attached hydrogen (secondary N) is 1. The van der Waals surface area contributed by atoms with E-state index in [2.05, 4.69) is 28.2 Å². The van der Waals surface area contributed by atoms with E-state index in [1.54, 1.807) is 18.2 Å². The zero-order valence-electron chi connectivity index (χ0n) is 11.9. The maximum absolute atomic E-state index is 11.7. The largest absolute Gasteiger partial charge is 0.480 e. The quantitative estimate of drug-likeness (QED) is 0.774. The molecule has 0 heterocycles. The number of hydrogen-bond acceptors (Lipinski definition) is 3. The molecule has 0 unspecified atom stereocenters. The molecule has 0 aromatic heterocycles. The Morgan fingerprint density at radius 3 is 2.48 bits per heavy atom. The van der Waals surface area contributed by atoms with Crippen LogP contribution in [0.4, 0.5) is 5.69 Å². The maximum atomic E-state index is 11.7. The summed E-state index contributed by atoms with van der Waals surface area (Å²) < 4.78 is 0.637. The summed E-state index contributed by atoms with van der Waals surface area (Å²) in [5.74, 6) is -0.790. The first kappa shape index (κ1) is 15.8. The van der Waals surface area contributed by atoms with Gasteiger partial charge in [0.2, 0.25) is 5.91 Å². The third kappa shape index (κ3) is 3.37. The van der Waals surface area contributed by atoms with Gasteiger partial charge >= 0.3 is 5.97 Å². The van der Waals surface area contributed by atoms with Crippen molar-refractivity contribution in [2.75, 3.05) is 5.32 Å². The van der Waals surface area contributed by atoms with Gasteiger partial charge in [0.1, 0.15) is 5.54 Å². The number of carboxylic acids is 1. The Bertz CT molecular complexity index is 566. The van der Waals surface area contributed by atoms with Crippen molar-refractivity contribution in [3.8, 4) is 0 Å². The molecule has 1 aromatic carbocycles. The number of carboxylic acid groups (broad SMARTS) is 1. The van der Waals surface area contributed by atoms with Crippen molar-refractivity contribution in [1.29, 1.82) is 0 Å². The van der Waals surface area contributed by atoms with E-state index in [-0.39, 0.29) is 0 Å². The second-order valence-corrected chi connectivity index (χ2v) is 6.61. The third-order valence-electron chi connectivity index (χ3n) is 4.16. The van der Waals surface area contributed by atoms with Crippen LogP contribution in [0.1, 0.15) is 43.0 Å². The molecular weight excluding hydrogens is 336 g/mol.